The van der Waals surface area contributed by atoms with Crippen LogP contribution in [0, 0.1) is 0 Å². The Morgan fingerprint density at radius 3 is 1.39 bits per heavy atom. The van der Waals surface area contributed by atoms with Gasteiger partial charge in [0.15, 0.2) is 0 Å². The van der Waals surface area contributed by atoms with Gasteiger partial charge >= 0.3 is 0 Å². The molecule has 0 aliphatic heterocycles. The van der Waals surface area contributed by atoms with Crippen LogP contribution in [-0.4, -0.2) is 0 Å². The predicted molar refractivity (Wildman–Crippen MR) is 143 cm³/mol. The molecule has 0 heteroatoms. The second-order valence-corrected chi connectivity index (χ2v) is 9.38. The van der Waals surface area contributed by atoms with Crippen molar-refractivity contribution in [3.63, 3.8) is 0 Å². The van der Waals surface area contributed by atoms with Gasteiger partial charge in [-0.2, -0.15) is 0 Å². The van der Waals surface area contributed by atoms with Crippen molar-refractivity contribution in [1.29, 1.82) is 0 Å². The molecule has 0 nitrogen and oxygen atoms in total. The van der Waals surface area contributed by atoms with Crippen LogP contribution < -0.4 is 0 Å². The van der Waals surface area contributed by atoms with Gasteiger partial charge in [-0.1, -0.05) is 109 Å². The summed E-state index contributed by atoms with van der Waals surface area (Å²) in [4.78, 5) is 0. The molecule has 0 saturated carbocycles. The molecule has 8 aromatic carbocycles. The van der Waals surface area contributed by atoms with Gasteiger partial charge in [0.25, 0.3) is 0 Å². The first-order valence-corrected chi connectivity index (χ1v) is 11.7. The highest BCUT2D eigenvalue weighted by molar-refractivity contribution is 6.24. The zero-order valence-electron chi connectivity index (χ0n) is 18.1. The third kappa shape index (κ3) is 2.36. The molecular formula is C33H20. The smallest absolute Gasteiger partial charge is 0.00192 e. The highest BCUT2D eigenvalue weighted by atomic mass is 14.2. The summed E-state index contributed by atoms with van der Waals surface area (Å²) in [5.74, 6) is 0. The van der Waals surface area contributed by atoms with Crippen molar-refractivity contribution < 1.29 is 0 Å². The van der Waals surface area contributed by atoms with Crippen LogP contribution in [0.2, 0.25) is 0 Å². The first-order valence-electron chi connectivity index (χ1n) is 11.7. The zero-order chi connectivity index (χ0) is 21.5. The summed E-state index contributed by atoms with van der Waals surface area (Å²) >= 11 is 0. The molecule has 0 unspecified atom stereocenters. The minimum atomic E-state index is 0.935. The van der Waals surface area contributed by atoms with Crippen LogP contribution >= 0.6 is 0 Å². The van der Waals surface area contributed by atoms with Crippen LogP contribution in [0.1, 0.15) is 11.1 Å². The summed E-state index contributed by atoms with van der Waals surface area (Å²) < 4.78 is 0. The van der Waals surface area contributed by atoms with Gasteiger partial charge in [0.2, 0.25) is 0 Å². The summed E-state index contributed by atoms with van der Waals surface area (Å²) in [5, 5.41) is 16.3. The molecule has 0 bridgehead atoms. The van der Waals surface area contributed by atoms with E-state index in [0.29, 0.717) is 0 Å². The molecule has 33 heavy (non-hydrogen) atoms. The normalized spacial score (nSPS) is 12.4. The quantitative estimate of drug-likeness (QED) is 0.247. The van der Waals surface area contributed by atoms with Crippen molar-refractivity contribution in [1.82, 2.24) is 0 Å². The number of rotatable bonds is 2. The average Bonchev–Trinajstić information content (AvgIpc) is 2.86. The van der Waals surface area contributed by atoms with Crippen molar-refractivity contribution in [2.24, 2.45) is 0 Å². The highest BCUT2D eigenvalue weighted by Gasteiger charge is 2.13. The molecule has 0 atom stereocenters. The van der Waals surface area contributed by atoms with Gasteiger partial charge in [-0.05, 0) is 82.2 Å². The van der Waals surface area contributed by atoms with E-state index in [2.05, 4.69) is 109 Å². The molecule has 0 aliphatic carbocycles. The topological polar surface area (TPSA) is 0 Å². The Hall–Kier alpha value is -4.16. The molecule has 8 aromatic rings. The fourth-order valence-electron chi connectivity index (χ4n) is 6.09. The maximum absolute atomic E-state index is 2.40. The monoisotopic (exact) mass is 416 g/mol. The molecule has 0 aliphatic rings. The summed E-state index contributed by atoms with van der Waals surface area (Å²) in [5.41, 5.74) is 2.77. The molecule has 0 heterocycles. The lowest BCUT2D eigenvalue weighted by molar-refractivity contribution is 1.23. The SMILES string of the molecule is c1cc2ccc3cc(Cc4ccc5ccc6cccc7ccc4c5c67)cc4ccc(c1)c2c34. The van der Waals surface area contributed by atoms with Gasteiger partial charge in [0.05, 0.1) is 0 Å². The lowest BCUT2D eigenvalue weighted by Gasteiger charge is -2.15. The van der Waals surface area contributed by atoms with Crippen molar-refractivity contribution >= 4 is 64.6 Å². The first kappa shape index (κ1) is 17.4. The van der Waals surface area contributed by atoms with Crippen molar-refractivity contribution in [3.8, 4) is 0 Å². The van der Waals surface area contributed by atoms with E-state index in [1.165, 1.54) is 75.8 Å². The first-order chi connectivity index (χ1) is 16.3. The van der Waals surface area contributed by atoms with E-state index in [4.69, 9.17) is 0 Å². The zero-order valence-corrected chi connectivity index (χ0v) is 18.1. The van der Waals surface area contributed by atoms with Crippen LogP contribution in [0.3, 0.4) is 0 Å². The van der Waals surface area contributed by atoms with Gasteiger partial charge < -0.3 is 0 Å². The van der Waals surface area contributed by atoms with E-state index in [1.807, 2.05) is 0 Å². The highest BCUT2D eigenvalue weighted by Crippen LogP contribution is 2.38. The lowest BCUT2D eigenvalue weighted by atomic mass is 9.88. The van der Waals surface area contributed by atoms with Gasteiger partial charge in [-0.15, -0.1) is 0 Å². The molecule has 0 aromatic heterocycles. The maximum Gasteiger partial charge on any atom is -0.00192 e. The van der Waals surface area contributed by atoms with Gasteiger partial charge in [0, 0.05) is 0 Å². The number of hydrogen-bond acceptors (Lipinski definition) is 0. The van der Waals surface area contributed by atoms with Crippen LogP contribution in [-0.2, 0) is 6.42 Å². The lowest BCUT2D eigenvalue weighted by Crippen LogP contribution is -1.93. The fraction of sp³-hybridized carbons (Fsp3) is 0.0303. The van der Waals surface area contributed by atoms with Gasteiger partial charge in [-0.25, -0.2) is 0 Å². The Bertz CT molecular complexity index is 1910. The Balaban J connectivity index is 1.36. The summed E-state index contributed by atoms with van der Waals surface area (Å²) in [7, 11) is 0. The Morgan fingerprint density at radius 2 is 0.788 bits per heavy atom. The standard InChI is InChI=1S/C33H20/c1-3-21-10-13-27-18-20(19-28-14-11-22(4-1)30(21)32(27)28)17-26-12-9-25-8-7-23-5-2-6-24-15-16-29(26)33(25)31(23)24/h1-16,18-19H,17H2. The third-order valence-corrected chi connectivity index (χ3v) is 7.54. The second kappa shape index (κ2) is 6.21. The van der Waals surface area contributed by atoms with Crippen molar-refractivity contribution in [2.45, 2.75) is 6.42 Å². The number of hydrogen-bond donors (Lipinski definition) is 0. The minimum Gasteiger partial charge on any atom is -0.0610 e. The molecule has 0 radical (unpaired) electrons. The van der Waals surface area contributed by atoms with Crippen molar-refractivity contribution in [3.05, 3.63) is 120 Å². The van der Waals surface area contributed by atoms with Crippen LogP contribution in [0.25, 0.3) is 64.6 Å². The maximum atomic E-state index is 2.40. The summed E-state index contributed by atoms with van der Waals surface area (Å²) in [6.07, 6.45) is 0.935. The Labute approximate surface area is 191 Å². The second-order valence-electron chi connectivity index (χ2n) is 9.38. The molecule has 0 amide bonds. The number of benzene rings is 8. The molecule has 0 N–H and O–H groups in total. The van der Waals surface area contributed by atoms with E-state index in [-0.39, 0.29) is 0 Å². The average molecular weight is 417 g/mol. The van der Waals surface area contributed by atoms with E-state index in [0.717, 1.165) is 6.42 Å². The van der Waals surface area contributed by atoms with E-state index >= 15 is 0 Å². The third-order valence-electron chi connectivity index (χ3n) is 7.54. The molecule has 0 spiro atoms. The van der Waals surface area contributed by atoms with Crippen molar-refractivity contribution in [2.75, 3.05) is 0 Å². The fourth-order valence-corrected chi connectivity index (χ4v) is 6.09. The van der Waals surface area contributed by atoms with E-state index in [1.54, 1.807) is 0 Å². The molecule has 0 fully saturated rings. The van der Waals surface area contributed by atoms with Gasteiger partial charge in [0.1, 0.15) is 0 Å². The van der Waals surface area contributed by atoms with E-state index < -0.39 is 0 Å². The predicted octanol–water partition coefficient (Wildman–Crippen LogP) is 9.07. The van der Waals surface area contributed by atoms with Crippen LogP contribution in [0.4, 0.5) is 0 Å². The molecule has 0 saturated heterocycles. The minimum absolute atomic E-state index is 0.935. The summed E-state index contributed by atoms with van der Waals surface area (Å²) in [6.45, 7) is 0. The molecule has 152 valence electrons. The largest absolute Gasteiger partial charge is 0.0610 e. The molecular weight excluding hydrogens is 396 g/mol. The van der Waals surface area contributed by atoms with Crippen LogP contribution in [0.5, 0.6) is 0 Å². The Kier molecular flexibility index (Phi) is 3.27. The van der Waals surface area contributed by atoms with E-state index in [9.17, 15) is 0 Å². The van der Waals surface area contributed by atoms with Crippen LogP contribution in [0.15, 0.2) is 109 Å². The molecule has 8 rings (SSSR count). The summed E-state index contributed by atoms with van der Waals surface area (Å²) in [6, 6.07) is 40.9. The Morgan fingerprint density at radius 1 is 0.364 bits per heavy atom. The van der Waals surface area contributed by atoms with Gasteiger partial charge in [-0.3, -0.25) is 0 Å².